The predicted molar refractivity (Wildman–Crippen MR) is 50.7 cm³/mol. The van der Waals surface area contributed by atoms with Gasteiger partial charge in [0, 0.05) is 11.4 Å². The zero-order valence-corrected chi connectivity index (χ0v) is 8.91. The number of hydrogen-bond donors (Lipinski definition) is 1. The molecule has 1 aromatic rings. The standard InChI is InChI=1S/C7H10FNO2S2/c1-9(2)4-5-3-6(8)7(12-5)13(10)11/h3H,4H2,1-2H3,(H,10,11). The van der Waals surface area contributed by atoms with Gasteiger partial charge in [-0.3, -0.25) is 0 Å². The Morgan fingerprint density at radius 2 is 2.31 bits per heavy atom. The fourth-order valence-electron chi connectivity index (χ4n) is 0.906. The molecule has 0 aliphatic carbocycles. The first-order valence-corrected chi connectivity index (χ1v) is 5.47. The fraction of sp³-hybridized carbons (Fsp3) is 0.429. The Bertz CT molecular complexity index is 324. The summed E-state index contributed by atoms with van der Waals surface area (Å²) < 4.78 is 32.1. The van der Waals surface area contributed by atoms with Gasteiger partial charge in [0.2, 0.25) is 0 Å². The number of thiophene rings is 1. The number of halogens is 1. The van der Waals surface area contributed by atoms with Crippen LogP contribution >= 0.6 is 11.3 Å². The lowest BCUT2D eigenvalue weighted by atomic mass is 10.4. The van der Waals surface area contributed by atoms with Gasteiger partial charge in [-0.1, -0.05) is 0 Å². The van der Waals surface area contributed by atoms with E-state index in [2.05, 4.69) is 0 Å². The summed E-state index contributed by atoms with van der Waals surface area (Å²) >= 11 is -1.18. The summed E-state index contributed by atoms with van der Waals surface area (Å²) in [6.45, 7) is 0.582. The number of hydrogen-bond acceptors (Lipinski definition) is 3. The highest BCUT2D eigenvalue weighted by atomic mass is 32.2. The first-order valence-electron chi connectivity index (χ1n) is 3.54. The number of rotatable bonds is 3. The molecule has 3 nitrogen and oxygen atoms in total. The lowest BCUT2D eigenvalue weighted by molar-refractivity contribution is 0.406. The van der Waals surface area contributed by atoms with Gasteiger partial charge >= 0.3 is 0 Å². The highest BCUT2D eigenvalue weighted by molar-refractivity contribution is 7.81. The molecule has 74 valence electrons. The van der Waals surface area contributed by atoms with Crippen LogP contribution in [0.3, 0.4) is 0 Å². The van der Waals surface area contributed by atoms with Gasteiger partial charge in [0.1, 0.15) is 0 Å². The molecule has 0 spiro atoms. The summed E-state index contributed by atoms with van der Waals surface area (Å²) in [6, 6.07) is 1.30. The molecule has 0 aliphatic rings. The van der Waals surface area contributed by atoms with Crippen molar-refractivity contribution in [2.75, 3.05) is 14.1 Å². The van der Waals surface area contributed by atoms with E-state index in [4.69, 9.17) is 4.55 Å². The van der Waals surface area contributed by atoms with Crippen LogP contribution in [-0.4, -0.2) is 27.8 Å². The molecule has 0 saturated carbocycles. The zero-order chi connectivity index (χ0) is 10.0. The average molecular weight is 223 g/mol. The molecule has 1 rings (SSSR count). The topological polar surface area (TPSA) is 40.5 Å². The maximum Gasteiger partial charge on any atom is 0.199 e. The third kappa shape index (κ3) is 2.84. The third-order valence-electron chi connectivity index (χ3n) is 1.34. The second-order valence-electron chi connectivity index (χ2n) is 2.84. The normalized spacial score (nSPS) is 13.6. The smallest absolute Gasteiger partial charge is 0.199 e. The molecule has 1 unspecified atom stereocenters. The van der Waals surface area contributed by atoms with Gasteiger partial charge in [0.25, 0.3) is 0 Å². The van der Waals surface area contributed by atoms with E-state index in [0.717, 1.165) is 16.2 Å². The van der Waals surface area contributed by atoms with Crippen LogP contribution in [-0.2, 0) is 17.6 Å². The molecule has 0 saturated heterocycles. The molecule has 0 aromatic carbocycles. The Hall–Kier alpha value is -0.300. The summed E-state index contributed by atoms with van der Waals surface area (Å²) in [4.78, 5) is 2.62. The van der Waals surface area contributed by atoms with Gasteiger partial charge in [-0.15, -0.1) is 11.3 Å². The Labute approximate surface area is 82.5 Å². The van der Waals surface area contributed by atoms with Crippen molar-refractivity contribution in [3.63, 3.8) is 0 Å². The third-order valence-corrected chi connectivity index (χ3v) is 3.42. The van der Waals surface area contributed by atoms with Crippen LogP contribution in [0, 0.1) is 5.82 Å². The quantitative estimate of drug-likeness (QED) is 0.790. The van der Waals surface area contributed by atoms with Gasteiger partial charge < -0.3 is 9.45 Å². The molecule has 1 aromatic heterocycles. The van der Waals surface area contributed by atoms with Crippen LogP contribution in [0.25, 0.3) is 0 Å². The minimum Gasteiger partial charge on any atom is -0.304 e. The van der Waals surface area contributed by atoms with E-state index < -0.39 is 16.9 Å². The summed E-state index contributed by atoms with van der Waals surface area (Å²) in [7, 11) is 3.71. The number of nitrogens with zero attached hydrogens (tertiary/aromatic N) is 1. The van der Waals surface area contributed by atoms with E-state index in [1.807, 2.05) is 19.0 Å². The molecular weight excluding hydrogens is 213 g/mol. The molecular formula is C7H10FNO2S2. The molecule has 1 heterocycles. The van der Waals surface area contributed by atoms with E-state index in [9.17, 15) is 8.60 Å². The molecule has 0 aliphatic heterocycles. The molecule has 1 atom stereocenters. The van der Waals surface area contributed by atoms with Gasteiger partial charge in [-0.2, -0.15) is 0 Å². The van der Waals surface area contributed by atoms with Crippen molar-refractivity contribution in [2.45, 2.75) is 10.8 Å². The lowest BCUT2D eigenvalue weighted by Gasteiger charge is -2.05. The molecule has 1 N–H and O–H groups in total. The largest absolute Gasteiger partial charge is 0.304 e. The van der Waals surface area contributed by atoms with Crippen LogP contribution < -0.4 is 0 Å². The minimum atomic E-state index is -2.21. The first-order chi connectivity index (χ1) is 6.00. The first kappa shape index (κ1) is 10.8. The average Bonchev–Trinajstić information content (AvgIpc) is 2.29. The molecule has 0 fully saturated rings. The van der Waals surface area contributed by atoms with Gasteiger partial charge in [-0.05, 0) is 20.2 Å². The minimum absolute atomic E-state index is 0.100. The van der Waals surface area contributed by atoms with Gasteiger partial charge in [0.05, 0.1) is 0 Å². The van der Waals surface area contributed by atoms with E-state index in [0.29, 0.717) is 6.54 Å². The van der Waals surface area contributed by atoms with Crippen molar-refractivity contribution in [1.82, 2.24) is 4.90 Å². The van der Waals surface area contributed by atoms with Crippen molar-refractivity contribution < 1.29 is 13.2 Å². The van der Waals surface area contributed by atoms with Crippen LogP contribution in [0.4, 0.5) is 4.39 Å². The molecule has 0 radical (unpaired) electrons. The van der Waals surface area contributed by atoms with Crippen LogP contribution in [0.2, 0.25) is 0 Å². The van der Waals surface area contributed by atoms with Crippen molar-refractivity contribution in [1.29, 1.82) is 0 Å². The Balaban J connectivity index is 2.89. The van der Waals surface area contributed by atoms with Crippen molar-refractivity contribution in [2.24, 2.45) is 0 Å². The Morgan fingerprint density at radius 3 is 2.69 bits per heavy atom. The second kappa shape index (κ2) is 4.28. The Kier molecular flexibility index (Phi) is 3.55. The van der Waals surface area contributed by atoms with E-state index in [-0.39, 0.29) is 4.21 Å². The highest BCUT2D eigenvalue weighted by Gasteiger charge is 2.13. The monoisotopic (exact) mass is 223 g/mol. The SMILES string of the molecule is CN(C)Cc1cc(F)c(S(=O)O)s1. The maximum atomic E-state index is 13.0. The Morgan fingerprint density at radius 1 is 1.69 bits per heavy atom. The lowest BCUT2D eigenvalue weighted by Crippen LogP contribution is -2.09. The van der Waals surface area contributed by atoms with Crippen molar-refractivity contribution in [3.8, 4) is 0 Å². The molecule has 6 heteroatoms. The predicted octanol–water partition coefficient (Wildman–Crippen LogP) is 1.53. The van der Waals surface area contributed by atoms with Gasteiger partial charge in [0.15, 0.2) is 21.1 Å². The highest BCUT2D eigenvalue weighted by Crippen LogP contribution is 2.24. The molecule has 13 heavy (non-hydrogen) atoms. The van der Waals surface area contributed by atoms with Gasteiger partial charge in [-0.25, -0.2) is 8.60 Å². The van der Waals surface area contributed by atoms with Crippen molar-refractivity contribution >= 4 is 22.4 Å². The zero-order valence-electron chi connectivity index (χ0n) is 7.28. The van der Waals surface area contributed by atoms with Crippen LogP contribution in [0.5, 0.6) is 0 Å². The van der Waals surface area contributed by atoms with E-state index in [1.54, 1.807) is 0 Å². The summed E-state index contributed by atoms with van der Waals surface area (Å²) in [5.41, 5.74) is 0. The van der Waals surface area contributed by atoms with E-state index in [1.165, 1.54) is 6.07 Å². The fourth-order valence-corrected chi connectivity index (χ4v) is 2.62. The molecule has 0 amide bonds. The summed E-state index contributed by atoms with van der Waals surface area (Å²) in [5, 5.41) is 0. The van der Waals surface area contributed by atoms with Crippen LogP contribution in [0.1, 0.15) is 4.88 Å². The summed E-state index contributed by atoms with van der Waals surface area (Å²) in [5.74, 6) is -0.595. The van der Waals surface area contributed by atoms with E-state index >= 15 is 0 Å². The summed E-state index contributed by atoms with van der Waals surface area (Å²) in [6.07, 6.45) is 0. The van der Waals surface area contributed by atoms with Crippen molar-refractivity contribution in [3.05, 3.63) is 16.8 Å². The second-order valence-corrected chi connectivity index (χ2v) is 5.14. The molecule has 0 bridgehead atoms. The maximum absolute atomic E-state index is 13.0. The van der Waals surface area contributed by atoms with Crippen LogP contribution in [0.15, 0.2) is 10.3 Å².